The van der Waals surface area contributed by atoms with E-state index in [0.717, 1.165) is 44.2 Å². The average Bonchev–Trinajstić information content (AvgIpc) is 2.46. The Kier molecular flexibility index (Phi) is 10.6. The van der Waals surface area contributed by atoms with Gasteiger partial charge in [0.05, 0.1) is 13.7 Å². The van der Waals surface area contributed by atoms with Gasteiger partial charge in [-0.05, 0) is 23.6 Å². The minimum atomic E-state index is 0. The number of ether oxygens (including phenoxy) is 2. The van der Waals surface area contributed by atoms with Crippen LogP contribution in [0.25, 0.3) is 0 Å². The third-order valence-corrected chi connectivity index (χ3v) is 3.42. The van der Waals surface area contributed by atoms with E-state index in [1.807, 2.05) is 6.07 Å². The molecular weight excluding hydrogens is 323 g/mol. The lowest BCUT2D eigenvalue weighted by Crippen LogP contribution is -2.42. The van der Waals surface area contributed by atoms with Crippen LogP contribution in [-0.4, -0.2) is 44.8 Å². The highest BCUT2D eigenvalue weighted by Crippen LogP contribution is 2.29. The topological polar surface area (TPSA) is 33.7 Å². The molecule has 1 aliphatic heterocycles. The van der Waals surface area contributed by atoms with Crippen LogP contribution in [0.2, 0.25) is 0 Å². The summed E-state index contributed by atoms with van der Waals surface area (Å²) < 4.78 is 11.2. The van der Waals surface area contributed by atoms with Crippen molar-refractivity contribution in [2.45, 2.75) is 20.4 Å². The Bertz CT molecular complexity index is 425. The quantitative estimate of drug-likeness (QED) is 0.854. The number of piperazine rings is 1. The first-order valence-corrected chi connectivity index (χ1v) is 7.42. The van der Waals surface area contributed by atoms with Gasteiger partial charge in [0.25, 0.3) is 0 Å². The maximum absolute atomic E-state index is 5.79. The maximum atomic E-state index is 5.79. The average molecular weight is 351 g/mol. The van der Waals surface area contributed by atoms with Gasteiger partial charge in [-0.15, -0.1) is 24.8 Å². The number of nitrogens with zero attached hydrogens (tertiary/aromatic N) is 1. The molecule has 1 fully saturated rings. The van der Waals surface area contributed by atoms with Gasteiger partial charge >= 0.3 is 0 Å². The highest BCUT2D eigenvalue weighted by Gasteiger charge is 2.12. The molecule has 1 heterocycles. The van der Waals surface area contributed by atoms with E-state index in [1.165, 1.54) is 5.56 Å². The molecule has 4 nitrogen and oxygen atoms in total. The summed E-state index contributed by atoms with van der Waals surface area (Å²) in [5, 5.41) is 3.37. The van der Waals surface area contributed by atoms with E-state index < -0.39 is 0 Å². The molecular formula is C16H28Cl2N2O2. The van der Waals surface area contributed by atoms with Gasteiger partial charge in [-0.25, -0.2) is 0 Å². The van der Waals surface area contributed by atoms with Gasteiger partial charge in [0, 0.05) is 32.7 Å². The molecule has 1 N–H and O–H groups in total. The van der Waals surface area contributed by atoms with Gasteiger partial charge in [0.15, 0.2) is 11.5 Å². The molecule has 0 aromatic heterocycles. The Balaban J connectivity index is 0.00000220. The van der Waals surface area contributed by atoms with Crippen molar-refractivity contribution in [3.05, 3.63) is 23.8 Å². The van der Waals surface area contributed by atoms with Crippen LogP contribution < -0.4 is 14.8 Å². The summed E-state index contributed by atoms with van der Waals surface area (Å²) in [6, 6.07) is 6.26. The first kappa shape index (κ1) is 21.3. The summed E-state index contributed by atoms with van der Waals surface area (Å²) in [7, 11) is 1.70. The third-order valence-electron chi connectivity index (χ3n) is 3.42. The Morgan fingerprint density at radius 1 is 1.14 bits per heavy atom. The van der Waals surface area contributed by atoms with Crippen LogP contribution in [0.5, 0.6) is 11.5 Å². The number of benzene rings is 1. The fourth-order valence-corrected chi connectivity index (χ4v) is 2.31. The molecule has 0 aliphatic carbocycles. The minimum Gasteiger partial charge on any atom is -0.493 e. The smallest absolute Gasteiger partial charge is 0.161 e. The zero-order valence-electron chi connectivity index (χ0n) is 13.6. The monoisotopic (exact) mass is 350 g/mol. The molecule has 1 aromatic rings. The van der Waals surface area contributed by atoms with E-state index in [1.54, 1.807) is 7.11 Å². The normalized spacial score (nSPS) is 14.9. The molecule has 0 bridgehead atoms. The highest BCUT2D eigenvalue weighted by atomic mass is 35.5. The summed E-state index contributed by atoms with van der Waals surface area (Å²) in [6.07, 6.45) is 0. The van der Waals surface area contributed by atoms with Crippen molar-refractivity contribution in [3.63, 3.8) is 0 Å². The van der Waals surface area contributed by atoms with Crippen molar-refractivity contribution in [1.82, 2.24) is 10.2 Å². The largest absolute Gasteiger partial charge is 0.493 e. The van der Waals surface area contributed by atoms with Crippen LogP contribution in [0.3, 0.4) is 0 Å². The van der Waals surface area contributed by atoms with Crippen LogP contribution in [-0.2, 0) is 6.54 Å². The van der Waals surface area contributed by atoms with Gasteiger partial charge in [-0.1, -0.05) is 19.9 Å². The van der Waals surface area contributed by atoms with Gasteiger partial charge in [0.2, 0.25) is 0 Å². The highest BCUT2D eigenvalue weighted by molar-refractivity contribution is 5.85. The van der Waals surface area contributed by atoms with Crippen LogP contribution in [0.1, 0.15) is 19.4 Å². The van der Waals surface area contributed by atoms with E-state index in [2.05, 4.69) is 36.2 Å². The van der Waals surface area contributed by atoms with E-state index in [4.69, 9.17) is 9.47 Å². The van der Waals surface area contributed by atoms with Crippen LogP contribution in [0.15, 0.2) is 18.2 Å². The lowest BCUT2D eigenvalue weighted by molar-refractivity contribution is 0.232. The molecule has 0 amide bonds. The number of methoxy groups -OCH3 is 1. The molecule has 1 aromatic carbocycles. The van der Waals surface area contributed by atoms with Crippen molar-refractivity contribution in [2.75, 3.05) is 39.9 Å². The van der Waals surface area contributed by atoms with Crippen LogP contribution in [0.4, 0.5) is 0 Å². The van der Waals surface area contributed by atoms with Crippen molar-refractivity contribution in [3.8, 4) is 11.5 Å². The third kappa shape index (κ3) is 6.61. The molecule has 0 saturated carbocycles. The number of halogens is 2. The van der Waals surface area contributed by atoms with Gasteiger partial charge in [-0.3, -0.25) is 4.90 Å². The fourth-order valence-electron chi connectivity index (χ4n) is 2.31. The van der Waals surface area contributed by atoms with E-state index in [0.29, 0.717) is 12.5 Å². The lowest BCUT2D eigenvalue weighted by Gasteiger charge is -2.27. The fraction of sp³-hybridized carbons (Fsp3) is 0.625. The van der Waals surface area contributed by atoms with Crippen molar-refractivity contribution >= 4 is 24.8 Å². The molecule has 0 unspecified atom stereocenters. The van der Waals surface area contributed by atoms with E-state index in [9.17, 15) is 0 Å². The molecule has 1 saturated heterocycles. The Morgan fingerprint density at radius 3 is 2.41 bits per heavy atom. The number of hydrogen-bond donors (Lipinski definition) is 1. The molecule has 0 radical (unpaired) electrons. The summed E-state index contributed by atoms with van der Waals surface area (Å²) in [6.45, 7) is 10.3. The zero-order valence-corrected chi connectivity index (χ0v) is 15.3. The predicted molar refractivity (Wildman–Crippen MR) is 96.0 cm³/mol. The Labute approximate surface area is 146 Å². The van der Waals surface area contributed by atoms with Crippen molar-refractivity contribution in [2.24, 2.45) is 5.92 Å². The molecule has 0 atom stereocenters. The standard InChI is InChI=1S/C16H26N2O2.2ClH/c1-13(2)12-20-15-5-4-14(10-16(15)19-3)11-18-8-6-17-7-9-18;;/h4-5,10,13,17H,6-9,11-12H2,1-3H3;2*1H. The molecule has 128 valence electrons. The van der Waals surface area contributed by atoms with Gasteiger partial charge in [-0.2, -0.15) is 0 Å². The molecule has 6 heteroatoms. The Hall–Kier alpha value is -0.680. The second-order valence-corrected chi connectivity index (χ2v) is 5.72. The van der Waals surface area contributed by atoms with Crippen molar-refractivity contribution in [1.29, 1.82) is 0 Å². The molecule has 22 heavy (non-hydrogen) atoms. The summed E-state index contributed by atoms with van der Waals surface area (Å²) in [5.41, 5.74) is 1.28. The maximum Gasteiger partial charge on any atom is 0.161 e. The van der Waals surface area contributed by atoms with E-state index in [-0.39, 0.29) is 24.8 Å². The Morgan fingerprint density at radius 2 is 1.82 bits per heavy atom. The minimum absolute atomic E-state index is 0. The van der Waals surface area contributed by atoms with Crippen LogP contribution >= 0.6 is 24.8 Å². The van der Waals surface area contributed by atoms with Crippen LogP contribution in [0, 0.1) is 5.92 Å². The van der Waals surface area contributed by atoms with Crippen molar-refractivity contribution < 1.29 is 9.47 Å². The molecule has 1 aliphatic rings. The zero-order chi connectivity index (χ0) is 14.4. The first-order valence-electron chi connectivity index (χ1n) is 7.42. The SMILES string of the molecule is COc1cc(CN2CCNCC2)ccc1OCC(C)C.Cl.Cl. The molecule has 2 rings (SSSR count). The summed E-state index contributed by atoms with van der Waals surface area (Å²) in [5.74, 6) is 2.18. The second kappa shape index (κ2) is 10.9. The van der Waals surface area contributed by atoms with E-state index >= 15 is 0 Å². The number of hydrogen-bond acceptors (Lipinski definition) is 4. The molecule has 0 spiro atoms. The lowest BCUT2D eigenvalue weighted by atomic mass is 10.1. The number of rotatable bonds is 6. The predicted octanol–water partition coefficient (Wildman–Crippen LogP) is 2.98. The second-order valence-electron chi connectivity index (χ2n) is 5.72. The van der Waals surface area contributed by atoms with Gasteiger partial charge < -0.3 is 14.8 Å². The summed E-state index contributed by atoms with van der Waals surface area (Å²) >= 11 is 0. The summed E-state index contributed by atoms with van der Waals surface area (Å²) in [4.78, 5) is 2.46. The van der Waals surface area contributed by atoms with Gasteiger partial charge in [0.1, 0.15) is 0 Å². The number of nitrogens with one attached hydrogen (secondary N) is 1. The first-order chi connectivity index (χ1) is 9.69.